The van der Waals surface area contributed by atoms with Gasteiger partial charge in [0.15, 0.2) is 0 Å². The third-order valence-corrected chi connectivity index (χ3v) is 2.82. The highest BCUT2D eigenvalue weighted by atomic mass is 14.9. The highest BCUT2D eigenvalue weighted by molar-refractivity contribution is 5.33. The van der Waals surface area contributed by atoms with E-state index in [-0.39, 0.29) is 6.04 Å². The summed E-state index contributed by atoms with van der Waals surface area (Å²) in [5.41, 5.74) is 9.80. The largest absolute Gasteiger partial charge is 0.329 e. The van der Waals surface area contributed by atoms with Crippen LogP contribution >= 0.6 is 0 Å². The van der Waals surface area contributed by atoms with Crippen LogP contribution in [0.3, 0.4) is 0 Å². The van der Waals surface area contributed by atoms with Gasteiger partial charge in [-0.2, -0.15) is 0 Å². The number of nitrogens with one attached hydrogen (secondary N) is 1. The molecule has 1 unspecified atom stereocenters. The van der Waals surface area contributed by atoms with E-state index in [4.69, 9.17) is 5.73 Å². The minimum absolute atomic E-state index is 0.280. The Morgan fingerprint density at radius 1 is 1.25 bits per heavy atom. The van der Waals surface area contributed by atoms with Gasteiger partial charge in [0.05, 0.1) is 0 Å². The molecule has 2 heteroatoms. The van der Waals surface area contributed by atoms with Gasteiger partial charge in [-0.05, 0) is 37.4 Å². The summed E-state index contributed by atoms with van der Waals surface area (Å²) >= 11 is 0. The van der Waals surface area contributed by atoms with Crippen molar-refractivity contribution in [2.75, 3.05) is 13.1 Å². The maximum atomic E-state index is 5.85. The Kier molecular flexibility index (Phi) is 4.97. The molecule has 0 saturated carbocycles. The van der Waals surface area contributed by atoms with Crippen LogP contribution in [0.2, 0.25) is 0 Å². The maximum absolute atomic E-state index is 5.85. The van der Waals surface area contributed by atoms with Crippen LogP contribution in [-0.4, -0.2) is 13.1 Å². The first-order chi connectivity index (χ1) is 7.54. The summed E-state index contributed by atoms with van der Waals surface area (Å²) in [5.74, 6) is 0.652. The van der Waals surface area contributed by atoms with E-state index >= 15 is 0 Å². The fraction of sp³-hybridized carbons (Fsp3) is 0.571. The Morgan fingerprint density at radius 3 is 2.50 bits per heavy atom. The van der Waals surface area contributed by atoms with E-state index in [9.17, 15) is 0 Å². The molecule has 1 rings (SSSR count). The Morgan fingerprint density at radius 2 is 1.94 bits per heavy atom. The van der Waals surface area contributed by atoms with Crippen molar-refractivity contribution in [2.24, 2.45) is 11.7 Å². The highest BCUT2D eigenvalue weighted by Gasteiger charge is 2.11. The van der Waals surface area contributed by atoms with Gasteiger partial charge in [0.1, 0.15) is 0 Å². The molecule has 1 aromatic rings. The summed E-state index contributed by atoms with van der Waals surface area (Å²) < 4.78 is 0. The Labute approximate surface area is 99.2 Å². The molecule has 0 aliphatic heterocycles. The van der Waals surface area contributed by atoms with E-state index < -0.39 is 0 Å². The van der Waals surface area contributed by atoms with Gasteiger partial charge in [-0.25, -0.2) is 0 Å². The van der Waals surface area contributed by atoms with E-state index in [1.807, 2.05) is 0 Å². The molecule has 0 amide bonds. The van der Waals surface area contributed by atoms with Crippen LogP contribution in [0.4, 0.5) is 0 Å². The summed E-state index contributed by atoms with van der Waals surface area (Å²) in [6, 6.07) is 6.83. The van der Waals surface area contributed by atoms with Crippen molar-refractivity contribution in [3.8, 4) is 0 Å². The van der Waals surface area contributed by atoms with Crippen molar-refractivity contribution in [3.05, 3.63) is 34.9 Å². The standard InChI is InChI=1S/C14H24N2/c1-10(2)9-16-14(8-15)13-7-11(3)5-6-12(13)4/h5-7,10,14,16H,8-9,15H2,1-4H3. The second-order valence-electron chi connectivity index (χ2n) is 4.95. The SMILES string of the molecule is Cc1ccc(C)c(C(CN)NCC(C)C)c1. The fourth-order valence-electron chi connectivity index (χ4n) is 1.83. The molecule has 0 saturated heterocycles. The second kappa shape index (κ2) is 6.02. The number of hydrogen-bond acceptors (Lipinski definition) is 2. The Hall–Kier alpha value is -0.860. The summed E-state index contributed by atoms with van der Waals surface area (Å²) in [7, 11) is 0. The van der Waals surface area contributed by atoms with Gasteiger partial charge in [-0.15, -0.1) is 0 Å². The molecule has 0 heterocycles. The third kappa shape index (κ3) is 3.62. The number of nitrogens with two attached hydrogens (primary N) is 1. The summed E-state index contributed by atoms with van der Waals surface area (Å²) in [4.78, 5) is 0. The monoisotopic (exact) mass is 220 g/mol. The number of benzene rings is 1. The molecule has 2 nitrogen and oxygen atoms in total. The zero-order valence-corrected chi connectivity index (χ0v) is 10.9. The predicted molar refractivity (Wildman–Crippen MR) is 70.6 cm³/mol. The lowest BCUT2D eigenvalue weighted by molar-refractivity contribution is 0.477. The van der Waals surface area contributed by atoms with Gasteiger partial charge >= 0.3 is 0 Å². The molecule has 0 aliphatic carbocycles. The first kappa shape index (κ1) is 13.2. The fourth-order valence-corrected chi connectivity index (χ4v) is 1.83. The van der Waals surface area contributed by atoms with Crippen molar-refractivity contribution < 1.29 is 0 Å². The van der Waals surface area contributed by atoms with Crippen LogP contribution < -0.4 is 11.1 Å². The van der Waals surface area contributed by atoms with Crippen LogP contribution in [0, 0.1) is 19.8 Å². The molecule has 1 aromatic carbocycles. The second-order valence-corrected chi connectivity index (χ2v) is 4.95. The normalized spacial score (nSPS) is 13.1. The molecule has 0 bridgehead atoms. The van der Waals surface area contributed by atoms with Gasteiger partial charge in [0, 0.05) is 12.6 Å². The minimum Gasteiger partial charge on any atom is -0.329 e. The lowest BCUT2D eigenvalue weighted by Crippen LogP contribution is -2.31. The van der Waals surface area contributed by atoms with Crippen LogP contribution in [-0.2, 0) is 0 Å². The first-order valence-electron chi connectivity index (χ1n) is 6.05. The average molecular weight is 220 g/mol. The van der Waals surface area contributed by atoms with Crippen molar-refractivity contribution in [2.45, 2.75) is 33.7 Å². The van der Waals surface area contributed by atoms with Crippen LogP contribution in [0.25, 0.3) is 0 Å². The lowest BCUT2D eigenvalue weighted by Gasteiger charge is -2.21. The summed E-state index contributed by atoms with van der Waals surface area (Å²) in [5, 5.41) is 3.53. The van der Waals surface area contributed by atoms with Gasteiger partial charge in [-0.1, -0.05) is 37.6 Å². The average Bonchev–Trinajstić information content (AvgIpc) is 2.23. The van der Waals surface area contributed by atoms with Gasteiger partial charge in [0.25, 0.3) is 0 Å². The molecule has 0 radical (unpaired) electrons. The van der Waals surface area contributed by atoms with E-state index in [1.165, 1.54) is 16.7 Å². The first-order valence-corrected chi connectivity index (χ1v) is 6.05. The Bertz CT molecular complexity index is 332. The number of aryl methyl sites for hydroxylation is 2. The maximum Gasteiger partial charge on any atom is 0.0447 e. The van der Waals surface area contributed by atoms with Gasteiger partial charge in [-0.3, -0.25) is 0 Å². The zero-order chi connectivity index (χ0) is 12.1. The number of rotatable bonds is 5. The van der Waals surface area contributed by atoms with Crippen LogP contribution in [0.15, 0.2) is 18.2 Å². The smallest absolute Gasteiger partial charge is 0.0447 e. The summed E-state index contributed by atoms with van der Waals surface area (Å²) in [6.45, 7) is 10.4. The topological polar surface area (TPSA) is 38.0 Å². The number of hydrogen-bond donors (Lipinski definition) is 2. The molecule has 1 atom stereocenters. The van der Waals surface area contributed by atoms with Crippen molar-refractivity contribution in [1.82, 2.24) is 5.32 Å². The van der Waals surface area contributed by atoms with E-state index in [1.54, 1.807) is 0 Å². The molecule has 3 N–H and O–H groups in total. The Balaban J connectivity index is 2.81. The van der Waals surface area contributed by atoms with E-state index in [2.05, 4.69) is 51.2 Å². The quantitative estimate of drug-likeness (QED) is 0.800. The molecule has 0 fully saturated rings. The van der Waals surface area contributed by atoms with Crippen molar-refractivity contribution in [1.29, 1.82) is 0 Å². The van der Waals surface area contributed by atoms with E-state index in [0.717, 1.165) is 6.54 Å². The summed E-state index contributed by atoms with van der Waals surface area (Å²) in [6.07, 6.45) is 0. The molecule has 90 valence electrons. The minimum atomic E-state index is 0.280. The van der Waals surface area contributed by atoms with Crippen LogP contribution in [0.5, 0.6) is 0 Å². The highest BCUT2D eigenvalue weighted by Crippen LogP contribution is 2.18. The molecule has 0 aromatic heterocycles. The van der Waals surface area contributed by atoms with Crippen molar-refractivity contribution >= 4 is 0 Å². The predicted octanol–water partition coefficient (Wildman–Crippen LogP) is 2.55. The van der Waals surface area contributed by atoms with Gasteiger partial charge < -0.3 is 11.1 Å². The van der Waals surface area contributed by atoms with E-state index in [0.29, 0.717) is 12.5 Å². The molecular formula is C14H24N2. The zero-order valence-electron chi connectivity index (χ0n) is 10.9. The molecule has 0 spiro atoms. The molecule has 0 aliphatic rings. The molecule has 16 heavy (non-hydrogen) atoms. The van der Waals surface area contributed by atoms with Gasteiger partial charge in [0.2, 0.25) is 0 Å². The third-order valence-electron chi connectivity index (χ3n) is 2.82. The molecular weight excluding hydrogens is 196 g/mol. The van der Waals surface area contributed by atoms with Crippen LogP contribution in [0.1, 0.15) is 36.6 Å². The lowest BCUT2D eigenvalue weighted by atomic mass is 9.98. The van der Waals surface area contributed by atoms with Crippen molar-refractivity contribution in [3.63, 3.8) is 0 Å².